The molecule has 0 heterocycles. The molecular weight excluding hydrogens is 372 g/mol. The third-order valence-corrected chi connectivity index (χ3v) is 5.61. The van der Waals surface area contributed by atoms with E-state index < -0.39 is 21.9 Å². The van der Waals surface area contributed by atoms with E-state index in [2.05, 4.69) is 4.72 Å². The lowest BCUT2D eigenvalue weighted by Crippen LogP contribution is -2.36. The second-order valence-electron chi connectivity index (χ2n) is 7.05. The normalized spacial score (nSPS) is 14.2. The summed E-state index contributed by atoms with van der Waals surface area (Å²) in [6.45, 7) is 4.27. The SMILES string of the molecule is COc1ccc(C(=O)N(CCC(=O)O)CC(C)C)cc1S(=O)(=O)NC1CC1. The van der Waals surface area contributed by atoms with Crippen molar-refractivity contribution < 1.29 is 27.9 Å². The Bertz CT molecular complexity index is 802. The predicted molar refractivity (Wildman–Crippen MR) is 99.3 cm³/mol. The molecule has 2 rings (SSSR count). The van der Waals surface area contributed by atoms with Gasteiger partial charge in [-0.05, 0) is 37.0 Å². The number of nitrogens with zero attached hydrogens (tertiary/aromatic N) is 1. The fourth-order valence-corrected chi connectivity index (χ4v) is 4.13. The van der Waals surface area contributed by atoms with Crippen LogP contribution in [0.3, 0.4) is 0 Å². The molecule has 27 heavy (non-hydrogen) atoms. The molecule has 1 aromatic rings. The molecule has 1 aliphatic carbocycles. The molecule has 0 spiro atoms. The van der Waals surface area contributed by atoms with Crippen LogP contribution in [0.15, 0.2) is 23.1 Å². The van der Waals surface area contributed by atoms with Crippen molar-refractivity contribution in [2.75, 3.05) is 20.2 Å². The predicted octanol–water partition coefficient (Wildman–Crippen LogP) is 1.71. The average molecular weight is 398 g/mol. The van der Waals surface area contributed by atoms with Crippen molar-refractivity contribution in [3.63, 3.8) is 0 Å². The summed E-state index contributed by atoms with van der Waals surface area (Å²) in [5.41, 5.74) is 0.179. The molecule has 1 saturated carbocycles. The number of carbonyl (C=O) groups is 2. The van der Waals surface area contributed by atoms with E-state index in [9.17, 15) is 18.0 Å². The Labute approximate surface area is 159 Å². The van der Waals surface area contributed by atoms with Crippen LogP contribution in [-0.4, -0.2) is 56.5 Å². The van der Waals surface area contributed by atoms with E-state index in [1.54, 1.807) is 0 Å². The Hall–Kier alpha value is -2.13. The van der Waals surface area contributed by atoms with Crippen LogP contribution in [0.1, 0.15) is 43.5 Å². The number of ether oxygens (including phenoxy) is 1. The first-order chi connectivity index (χ1) is 12.6. The van der Waals surface area contributed by atoms with Crippen molar-refractivity contribution in [1.29, 1.82) is 0 Å². The van der Waals surface area contributed by atoms with E-state index in [4.69, 9.17) is 9.84 Å². The minimum Gasteiger partial charge on any atom is -0.495 e. The topological polar surface area (TPSA) is 113 Å². The lowest BCUT2D eigenvalue weighted by Gasteiger charge is -2.24. The van der Waals surface area contributed by atoms with Gasteiger partial charge in [0.1, 0.15) is 10.6 Å². The second kappa shape index (κ2) is 8.71. The van der Waals surface area contributed by atoms with E-state index in [1.165, 1.54) is 30.2 Å². The first-order valence-corrected chi connectivity index (χ1v) is 10.3. The lowest BCUT2D eigenvalue weighted by molar-refractivity contribution is -0.137. The molecule has 0 atom stereocenters. The first-order valence-electron chi connectivity index (χ1n) is 8.85. The number of rotatable bonds is 10. The van der Waals surface area contributed by atoms with E-state index in [0.29, 0.717) is 6.54 Å². The highest BCUT2D eigenvalue weighted by Gasteiger charge is 2.31. The van der Waals surface area contributed by atoms with Gasteiger partial charge < -0.3 is 14.7 Å². The monoisotopic (exact) mass is 398 g/mol. The molecule has 0 bridgehead atoms. The Morgan fingerprint density at radius 1 is 1.33 bits per heavy atom. The molecular formula is C18H26N2O6S. The molecule has 1 aromatic carbocycles. The molecule has 8 nitrogen and oxygen atoms in total. The number of carboxylic acids is 1. The highest BCUT2D eigenvalue weighted by Crippen LogP contribution is 2.28. The van der Waals surface area contributed by atoms with E-state index in [0.717, 1.165) is 12.8 Å². The number of methoxy groups -OCH3 is 1. The number of amides is 1. The Morgan fingerprint density at radius 2 is 2.00 bits per heavy atom. The van der Waals surface area contributed by atoms with Crippen LogP contribution < -0.4 is 9.46 Å². The van der Waals surface area contributed by atoms with Gasteiger partial charge in [0.25, 0.3) is 5.91 Å². The molecule has 150 valence electrons. The Morgan fingerprint density at radius 3 is 2.52 bits per heavy atom. The maximum Gasteiger partial charge on any atom is 0.305 e. The summed E-state index contributed by atoms with van der Waals surface area (Å²) in [5.74, 6) is -1.11. The van der Waals surface area contributed by atoms with Gasteiger partial charge in [0.05, 0.1) is 13.5 Å². The van der Waals surface area contributed by atoms with Crippen molar-refractivity contribution in [3.05, 3.63) is 23.8 Å². The smallest absolute Gasteiger partial charge is 0.305 e. The van der Waals surface area contributed by atoms with Gasteiger partial charge in [0.15, 0.2) is 0 Å². The van der Waals surface area contributed by atoms with Crippen LogP contribution in [0.25, 0.3) is 0 Å². The van der Waals surface area contributed by atoms with Crippen LogP contribution in [-0.2, 0) is 14.8 Å². The van der Waals surface area contributed by atoms with Gasteiger partial charge in [-0.15, -0.1) is 0 Å². The zero-order valence-corrected chi connectivity index (χ0v) is 16.6. The molecule has 1 aliphatic rings. The van der Waals surface area contributed by atoms with Gasteiger partial charge in [-0.2, -0.15) is 0 Å². The van der Waals surface area contributed by atoms with E-state index in [-0.39, 0.29) is 41.1 Å². The third-order valence-electron chi connectivity index (χ3n) is 4.07. The van der Waals surface area contributed by atoms with Crippen LogP contribution >= 0.6 is 0 Å². The quantitative estimate of drug-likeness (QED) is 0.620. The maximum atomic E-state index is 12.9. The number of carbonyl (C=O) groups excluding carboxylic acids is 1. The van der Waals surface area contributed by atoms with Crippen molar-refractivity contribution in [1.82, 2.24) is 9.62 Å². The molecule has 1 fully saturated rings. The summed E-state index contributed by atoms with van der Waals surface area (Å²) in [4.78, 5) is 25.1. The average Bonchev–Trinajstić information content (AvgIpc) is 3.40. The molecule has 0 saturated heterocycles. The van der Waals surface area contributed by atoms with Crippen LogP contribution in [0.5, 0.6) is 5.75 Å². The van der Waals surface area contributed by atoms with Gasteiger partial charge in [-0.3, -0.25) is 9.59 Å². The van der Waals surface area contributed by atoms with Gasteiger partial charge in [0.2, 0.25) is 10.0 Å². The number of hydrogen-bond donors (Lipinski definition) is 2. The minimum absolute atomic E-state index is 0.0563. The largest absolute Gasteiger partial charge is 0.495 e. The third kappa shape index (κ3) is 5.93. The minimum atomic E-state index is -3.81. The van der Waals surface area contributed by atoms with Crippen molar-refractivity contribution in [3.8, 4) is 5.75 Å². The summed E-state index contributed by atoms with van der Waals surface area (Å²) in [7, 11) is -2.44. The van der Waals surface area contributed by atoms with Gasteiger partial charge in [0, 0.05) is 24.7 Å². The Balaban J connectivity index is 2.33. The fraction of sp³-hybridized carbons (Fsp3) is 0.556. The van der Waals surface area contributed by atoms with Crippen molar-refractivity contribution >= 4 is 21.9 Å². The van der Waals surface area contributed by atoms with E-state index >= 15 is 0 Å². The zero-order valence-electron chi connectivity index (χ0n) is 15.8. The molecule has 1 amide bonds. The molecule has 2 N–H and O–H groups in total. The summed E-state index contributed by atoms with van der Waals surface area (Å²) < 4.78 is 32.9. The number of hydrogen-bond acceptors (Lipinski definition) is 5. The molecule has 0 radical (unpaired) electrons. The van der Waals surface area contributed by atoms with Crippen LogP contribution in [0.2, 0.25) is 0 Å². The number of aliphatic carboxylic acids is 1. The summed E-state index contributed by atoms with van der Waals surface area (Å²) in [6.07, 6.45) is 1.40. The van der Waals surface area contributed by atoms with Crippen molar-refractivity contribution in [2.24, 2.45) is 5.92 Å². The standard InChI is InChI=1S/C18H26N2O6S/c1-12(2)11-20(9-8-17(21)22)18(23)13-4-7-15(26-3)16(10-13)27(24,25)19-14-5-6-14/h4,7,10,12,14,19H,5-6,8-9,11H2,1-3H3,(H,21,22). The summed E-state index contributed by atoms with van der Waals surface area (Å²) in [6, 6.07) is 4.15. The van der Waals surface area contributed by atoms with E-state index in [1.807, 2.05) is 13.8 Å². The Kier molecular flexibility index (Phi) is 6.83. The number of carboxylic acid groups (broad SMARTS) is 1. The molecule has 0 unspecified atom stereocenters. The highest BCUT2D eigenvalue weighted by atomic mass is 32.2. The lowest BCUT2D eigenvalue weighted by atomic mass is 10.1. The maximum absolute atomic E-state index is 12.9. The first kappa shape index (κ1) is 21.2. The zero-order chi connectivity index (χ0) is 20.2. The van der Waals surface area contributed by atoms with Crippen LogP contribution in [0, 0.1) is 5.92 Å². The molecule has 9 heteroatoms. The number of benzene rings is 1. The molecule has 0 aromatic heterocycles. The fourth-order valence-electron chi connectivity index (χ4n) is 2.63. The highest BCUT2D eigenvalue weighted by molar-refractivity contribution is 7.89. The van der Waals surface area contributed by atoms with Gasteiger partial charge in [-0.1, -0.05) is 13.8 Å². The summed E-state index contributed by atoms with van der Waals surface area (Å²) in [5, 5.41) is 8.92. The van der Waals surface area contributed by atoms with Crippen LogP contribution in [0.4, 0.5) is 0 Å². The van der Waals surface area contributed by atoms with Gasteiger partial charge >= 0.3 is 5.97 Å². The molecule has 0 aliphatic heterocycles. The number of sulfonamides is 1. The summed E-state index contributed by atoms with van der Waals surface area (Å²) >= 11 is 0. The number of nitrogens with one attached hydrogen (secondary N) is 1. The second-order valence-corrected chi connectivity index (χ2v) is 8.73. The van der Waals surface area contributed by atoms with Crippen molar-refractivity contribution in [2.45, 2.75) is 44.0 Å². The van der Waals surface area contributed by atoms with Gasteiger partial charge in [-0.25, -0.2) is 13.1 Å².